The molecule has 2 nitrogen and oxygen atoms in total. The molecule has 1 heterocycles. The molecule has 0 bridgehead atoms. The van der Waals surface area contributed by atoms with Gasteiger partial charge in [0.15, 0.2) is 0 Å². The molecule has 1 aliphatic rings. The second-order valence-electron chi connectivity index (χ2n) is 3.10. The maximum atomic E-state index is 5.60. The highest BCUT2D eigenvalue weighted by Gasteiger charge is 2.21. The van der Waals surface area contributed by atoms with Gasteiger partial charge in [-0.15, -0.1) is 0 Å². The molecule has 0 aromatic rings. The molecule has 0 unspecified atom stereocenters. The van der Waals surface area contributed by atoms with Crippen LogP contribution in [0.3, 0.4) is 0 Å². The van der Waals surface area contributed by atoms with Crippen LogP contribution in [0, 0.1) is 0 Å². The molecule has 0 aliphatic carbocycles. The molecule has 0 aromatic heterocycles. The molecule has 1 fully saturated rings. The zero-order valence-corrected chi connectivity index (χ0v) is 8.27. The monoisotopic (exact) mass is 185 g/mol. The van der Waals surface area contributed by atoms with Crippen molar-refractivity contribution in [1.82, 2.24) is 0 Å². The number of nitrogens with zero attached hydrogens (tertiary/aromatic N) is 1. The van der Waals surface area contributed by atoms with Gasteiger partial charge in [-0.2, -0.15) is 0 Å². The van der Waals surface area contributed by atoms with Gasteiger partial charge in [0.05, 0.1) is 17.3 Å². The van der Waals surface area contributed by atoms with E-state index in [0.29, 0.717) is 6.10 Å². The quantitative estimate of drug-likeness (QED) is 0.497. The highest BCUT2D eigenvalue weighted by Crippen LogP contribution is 2.19. The third kappa shape index (κ3) is 2.67. The average molecular weight is 185 g/mol. The summed E-state index contributed by atoms with van der Waals surface area (Å²) < 4.78 is 5.60. The second-order valence-corrected chi connectivity index (χ2v) is 3.28. The molecule has 0 aromatic carbocycles. The Morgan fingerprint density at radius 3 is 3.00 bits per heavy atom. The van der Waals surface area contributed by atoms with Crippen LogP contribution in [0.4, 0.5) is 0 Å². The van der Waals surface area contributed by atoms with E-state index in [1.807, 2.05) is 0 Å². The van der Waals surface area contributed by atoms with Crippen LogP contribution < -0.4 is 0 Å². The number of hydrogen-bond donors (Lipinski definition) is 0. The summed E-state index contributed by atoms with van der Waals surface area (Å²) in [6, 6.07) is 0.239. The van der Waals surface area contributed by atoms with Crippen LogP contribution in [0.1, 0.15) is 32.6 Å². The Kier molecular flexibility index (Phi) is 4.44. The number of ether oxygens (including phenoxy) is 1. The summed E-state index contributed by atoms with van der Waals surface area (Å²) in [5.41, 5.74) is 0. The topological polar surface area (TPSA) is 21.6 Å². The van der Waals surface area contributed by atoms with E-state index in [0.717, 1.165) is 19.4 Å². The minimum absolute atomic E-state index is 0.239. The highest BCUT2D eigenvalue weighted by atomic mass is 32.1. The molecule has 12 heavy (non-hydrogen) atoms. The van der Waals surface area contributed by atoms with E-state index in [1.54, 1.807) is 0 Å². The van der Waals surface area contributed by atoms with Crippen LogP contribution in [0.15, 0.2) is 4.99 Å². The molecule has 1 aliphatic heterocycles. The van der Waals surface area contributed by atoms with Crippen LogP contribution in [-0.2, 0) is 4.74 Å². The number of isothiocyanates is 1. The van der Waals surface area contributed by atoms with Crippen molar-refractivity contribution in [3.8, 4) is 0 Å². The maximum Gasteiger partial charge on any atom is 0.0861 e. The Hall–Kier alpha value is -0.240. The van der Waals surface area contributed by atoms with E-state index in [-0.39, 0.29) is 6.04 Å². The number of hydrogen-bond acceptors (Lipinski definition) is 3. The summed E-state index contributed by atoms with van der Waals surface area (Å²) in [6.45, 7) is 2.99. The molecule has 1 saturated heterocycles. The van der Waals surface area contributed by atoms with Gasteiger partial charge >= 0.3 is 0 Å². The van der Waals surface area contributed by atoms with Crippen LogP contribution in [-0.4, -0.2) is 23.9 Å². The summed E-state index contributed by atoms with van der Waals surface area (Å²) in [4.78, 5) is 4.11. The molecule has 2 atom stereocenters. The smallest absolute Gasteiger partial charge is 0.0861 e. The van der Waals surface area contributed by atoms with Gasteiger partial charge in [0.25, 0.3) is 0 Å². The predicted octanol–water partition coefficient (Wildman–Crippen LogP) is 2.44. The van der Waals surface area contributed by atoms with E-state index in [2.05, 4.69) is 29.3 Å². The number of aliphatic imine (C=N–C) groups is 1. The molecule has 0 amide bonds. The molecular formula is C9H15NOS. The van der Waals surface area contributed by atoms with Crippen molar-refractivity contribution in [2.24, 2.45) is 4.99 Å². The van der Waals surface area contributed by atoms with E-state index in [4.69, 9.17) is 4.74 Å². The predicted molar refractivity (Wildman–Crippen MR) is 52.7 cm³/mol. The Bertz CT molecular complexity index is 171. The standard InChI is InChI=1S/C9H15NOS/c1-2-8(10-7-12)9-5-3-4-6-11-9/h8-9H,2-6H2,1H3/t8-,9-/m1/s1. The Morgan fingerprint density at radius 1 is 1.67 bits per heavy atom. The molecule has 0 radical (unpaired) electrons. The number of rotatable bonds is 3. The molecular weight excluding hydrogens is 170 g/mol. The summed E-state index contributed by atoms with van der Waals surface area (Å²) in [7, 11) is 0. The van der Waals surface area contributed by atoms with Crippen LogP contribution in [0.25, 0.3) is 0 Å². The third-order valence-corrected chi connectivity index (χ3v) is 2.39. The minimum atomic E-state index is 0.239. The molecule has 0 spiro atoms. The van der Waals surface area contributed by atoms with Crippen LogP contribution in [0.5, 0.6) is 0 Å². The van der Waals surface area contributed by atoms with Gasteiger partial charge in [0, 0.05) is 6.61 Å². The van der Waals surface area contributed by atoms with Gasteiger partial charge in [0.2, 0.25) is 0 Å². The lowest BCUT2D eigenvalue weighted by Crippen LogP contribution is -2.30. The fourth-order valence-electron chi connectivity index (χ4n) is 1.57. The van der Waals surface area contributed by atoms with Crippen molar-refractivity contribution in [3.05, 3.63) is 0 Å². The normalized spacial score (nSPS) is 25.9. The van der Waals surface area contributed by atoms with Gasteiger partial charge in [-0.25, -0.2) is 4.99 Å². The number of thiocarbonyl (C=S) groups is 1. The van der Waals surface area contributed by atoms with Crippen molar-refractivity contribution < 1.29 is 4.74 Å². The zero-order valence-electron chi connectivity index (χ0n) is 7.45. The second kappa shape index (κ2) is 5.41. The highest BCUT2D eigenvalue weighted by molar-refractivity contribution is 7.78. The van der Waals surface area contributed by atoms with E-state index >= 15 is 0 Å². The zero-order chi connectivity index (χ0) is 8.81. The summed E-state index contributed by atoms with van der Waals surface area (Å²) in [5.74, 6) is 0. The first kappa shape index (κ1) is 9.85. The first-order valence-electron chi connectivity index (χ1n) is 4.57. The van der Waals surface area contributed by atoms with Crippen molar-refractivity contribution in [1.29, 1.82) is 0 Å². The SMILES string of the molecule is CC[C@@H](N=C=S)[C@H]1CCCCO1. The van der Waals surface area contributed by atoms with Crippen molar-refractivity contribution in [2.45, 2.75) is 44.8 Å². The van der Waals surface area contributed by atoms with Gasteiger partial charge < -0.3 is 4.74 Å². The largest absolute Gasteiger partial charge is 0.376 e. The fraction of sp³-hybridized carbons (Fsp3) is 0.889. The maximum absolute atomic E-state index is 5.60. The molecule has 68 valence electrons. The van der Waals surface area contributed by atoms with Crippen molar-refractivity contribution in [2.75, 3.05) is 6.61 Å². The van der Waals surface area contributed by atoms with Gasteiger partial charge in [-0.1, -0.05) is 6.92 Å². The molecule has 0 N–H and O–H groups in total. The van der Waals surface area contributed by atoms with Crippen molar-refractivity contribution >= 4 is 17.4 Å². The Labute approximate surface area is 79.0 Å². The lowest BCUT2D eigenvalue weighted by molar-refractivity contribution is 0.000608. The Balaban J connectivity index is 2.45. The van der Waals surface area contributed by atoms with Gasteiger partial charge in [-0.3, -0.25) is 0 Å². The van der Waals surface area contributed by atoms with E-state index < -0.39 is 0 Å². The third-order valence-electron chi connectivity index (χ3n) is 2.28. The lowest BCUT2D eigenvalue weighted by Gasteiger charge is -2.26. The van der Waals surface area contributed by atoms with Crippen LogP contribution in [0.2, 0.25) is 0 Å². The average Bonchev–Trinajstić information content (AvgIpc) is 2.15. The lowest BCUT2D eigenvalue weighted by atomic mass is 10.0. The van der Waals surface area contributed by atoms with E-state index in [9.17, 15) is 0 Å². The molecule has 1 rings (SSSR count). The van der Waals surface area contributed by atoms with Gasteiger partial charge in [-0.05, 0) is 37.9 Å². The summed E-state index contributed by atoms with van der Waals surface area (Å²) in [6.07, 6.45) is 4.86. The minimum Gasteiger partial charge on any atom is -0.376 e. The summed E-state index contributed by atoms with van der Waals surface area (Å²) >= 11 is 4.59. The molecule has 0 saturated carbocycles. The Morgan fingerprint density at radius 2 is 2.50 bits per heavy atom. The fourth-order valence-corrected chi connectivity index (χ4v) is 1.71. The van der Waals surface area contributed by atoms with Gasteiger partial charge in [0.1, 0.15) is 0 Å². The van der Waals surface area contributed by atoms with Crippen molar-refractivity contribution in [3.63, 3.8) is 0 Å². The van der Waals surface area contributed by atoms with E-state index in [1.165, 1.54) is 12.8 Å². The summed E-state index contributed by atoms with van der Waals surface area (Å²) in [5, 5.41) is 2.44. The molecule has 3 heteroatoms. The van der Waals surface area contributed by atoms with Crippen LogP contribution >= 0.6 is 12.2 Å². The first-order chi connectivity index (χ1) is 5.88. The first-order valence-corrected chi connectivity index (χ1v) is 4.98.